The smallest absolute Gasteiger partial charge is 0.129 e. The van der Waals surface area contributed by atoms with Gasteiger partial charge in [0.25, 0.3) is 0 Å². The van der Waals surface area contributed by atoms with E-state index in [9.17, 15) is 4.39 Å². The third-order valence-electron chi connectivity index (χ3n) is 2.57. The van der Waals surface area contributed by atoms with E-state index in [2.05, 4.69) is 12.2 Å². The molecule has 1 rings (SSSR count). The lowest BCUT2D eigenvalue weighted by Gasteiger charge is -2.07. The summed E-state index contributed by atoms with van der Waals surface area (Å²) in [7, 11) is 0. The lowest BCUT2D eigenvalue weighted by molar-refractivity contribution is 0.567. The number of unbranched alkanes of at least 4 members (excludes halogenated alkanes) is 3. The Bertz CT molecular complexity index is 298. The van der Waals surface area contributed by atoms with E-state index >= 15 is 0 Å². The van der Waals surface area contributed by atoms with Crippen LogP contribution in [0.4, 0.5) is 4.39 Å². The van der Waals surface area contributed by atoms with Crippen LogP contribution in [0, 0.1) is 5.82 Å². The molecule has 0 spiro atoms. The van der Waals surface area contributed by atoms with Crippen molar-refractivity contribution in [2.75, 3.05) is 6.54 Å². The van der Waals surface area contributed by atoms with Gasteiger partial charge in [0.2, 0.25) is 0 Å². The molecule has 17 heavy (non-hydrogen) atoms. The van der Waals surface area contributed by atoms with Crippen molar-refractivity contribution in [3.05, 3.63) is 34.6 Å². The van der Waals surface area contributed by atoms with Crippen LogP contribution in [-0.4, -0.2) is 6.54 Å². The molecule has 0 saturated carbocycles. The molecule has 4 heteroatoms. The molecule has 0 aromatic heterocycles. The van der Waals surface area contributed by atoms with Gasteiger partial charge in [0.1, 0.15) is 5.82 Å². The Kier molecular flexibility index (Phi) is 9.52. The summed E-state index contributed by atoms with van der Waals surface area (Å²) >= 11 is 5.91. The maximum atomic E-state index is 13.4. The molecule has 0 aliphatic heterocycles. The van der Waals surface area contributed by atoms with E-state index in [0.717, 1.165) is 13.0 Å². The van der Waals surface area contributed by atoms with Crippen molar-refractivity contribution in [1.82, 2.24) is 5.32 Å². The Hall–Kier alpha value is -0.310. The average Bonchev–Trinajstić information content (AvgIpc) is 2.26. The zero-order valence-corrected chi connectivity index (χ0v) is 11.7. The van der Waals surface area contributed by atoms with E-state index in [1.54, 1.807) is 12.1 Å². The third-order valence-corrected chi connectivity index (χ3v) is 2.92. The second-order valence-electron chi connectivity index (χ2n) is 3.94. The van der Waals surface area contributed by atoms with Gasteiger partial charge in [0, 0.05) is 17.1 Å². The number of hydrogen-bond acceptors (Lipinski definition) is 1. The van der Waals surface area contributed by atoms with Crippen molar-refractivity contribution in [2.24, 2.45) is 0 Å². The van der Waals surface area contributed by atoms with E-state index in [1.165, 1.54) is 25.3 Å². The van der Waals surface area contributed by atoms with Gasteiger partial charge in [-0.15, -0.1) is 12.4 Å². The number of benzene rings is 1. The second kappa shape index (κ2) is 9.69. The SMILES string of the molecule is CCCCCCNCc1c(F)cccc1Cl.Cl. The fraction of sp³-hybridized carbons (Fsp3) is 0.538. The second-order valence-corrected chi connectivity index (χ2v) is 4.34. The van der Waals surface area contributed by atoms with Crippen molar-refractivity contribution in [3.8, 4) is 0 Å². The number of nitrogens with one attached hydrogen (secondary N) is 1. The van der Waals surface area contributed by atoms with Crippen LogP contribution in [0.5, 0.6) is 0 Å². The molecule has 1 N–H and O–H groups in total. The van der Waals surface area contributed by atoms with Gasteiger partial charge in [-0.2, -0.15) is 0 Å². The lowest BCUT2D eigenvalue weighted by Crippen LogP contribution is -2.15. The van der Waals surface area contributed by atoms with Gasteiger partial charge in [-0.3, -0.25) is 0 Å². The zero-order chi connectivity index (χ0) is 11.8. The summed E-state index contributed by atoms with van der Waals surface area (Å²) in [6, 6.07) is 4.79. The molecular formula is C13H20Cl2FN. The van der Waals surface area contributed by atoms with Crippen LogP contribution in [0.15, 0.2) is 18.2 Å². The summed E-state index contributed by atoms with van der Waals surface area (Å²) in [5.41, 5.74) is 0.569. The third kappa shape index (κ3) is 6.25. The highest BCUT2D eigenvalue weighted by atomic mass is 35.5. The molecule has 0 heterocycles. The molecule has 0 bridgehead atoms. The minimum Gasteiger partial charge on any atom is -0.313 e. The van der Waals surface area contributed by atoms with Crippen LogP contribution in [-0.2, 0) is 6.54 Å². The van der Waals surface area contributed by atoms with E-state index < -0.39 is 0 Å². The summed E-state index contributed by atoms with van der Waals surface area (Å²) in [6.07, 6.45) is 4.87. The van der Waals surface area contributed by atoms with E-state index in [4.69, 9.17) is 11.6 Å². The van der Waals surface area contributed by atoms with Gasteiger partial charge in [-0.25, -0.2) is 4.39 Å². The minimum absolute atomic E-state index is 0. The van der Waals surface area contributed by atoms with Gasteiger partial charge < -0.3 is 5.32 Å². The molecule has 0 amide bonds. The largest absolute Gasteiger partial charge is 0.313 e. The summed E-state index contributed by atoms with van der Waals surface area (Å²) < 4.78 is 13.4. The van der Waals surface area contributed by atoms with Crippen molar-refractivity contribution in [3.63, 3.8) is 0 Å². The normalized spacial score (nSPS) is 10.1. The first-order valence-electron chi connectivity index (χ1n) is 5.89. The van der Waals surface area contributed by atoms with Gasteiger partial charge in [-0.1, -0.05) is 43.9 Å². The van der Waals surface area contributed by atoms with E-state index in [0.29, 0.717) is 17.1 Å². The highest BCUT2D eigenvalue weighted by molar-refractivity contribution is 6.31. The van der Waals surface area contributed by atoms with Crippen molar-refractivity contribution < 1.29 is 4.39 Å². The first-order valence-corrected chi connectivity index (χ1v) is 6.27. The molecule has 0 aliphatic rings. The van der Waals surface area contributed by atoms with Gasteiger partial charge in [-0.05, 0) is 25.1 Å². The highest BCUT2D eigenvalue weighted by Gasteiger charge is 2.05. The van der Waals surface area contributed by atoms with Crippen molar-refractivity contribution in [1.29, 1.82) is 0 Å². The Morgan fingerprint density at radius 3 is 2.65 bits per heavy atom. The highest BCUT2D eigenvalue weighted by Crippen LogP contribution is 2.18. The van der Waals surface area contributed by atoms with Crippen LogP contribution >= 0.6 is 24.0 Å². The molecule has 0 fully saturated rings. The molecule has 0 radical (unpaired) electrons. The Labute approximate surface area is 114 Å². The Morgan fingerprint density at radius 2 is 2.00 bits per heavy atom. The predicted molar refractivity (Wildman–Crippen MR) is 74.5 cm³/mol. The quantitative estimate of drug-likeness (QED) is 0.721. The van der Waals surface area contributed by atoms with Crippen LogP contribution in [0.1, 0.15) is 38.2 Å². The van der Waals surface area contributed by atoms with E-state index in [1.807, 2.05) is 0 Å². The first kappa shape index (κ1) is 16.7. The molecule has 1 nitrogen and oxygen atoms in total. The van der Waals surface area contributed by atoms with Gasteiger partial charge in [0.05, 0.1) is 0 Å². The molecule has 98 valence electrons. The molecule has 0 saturated heterocycles. The Balaban J connectivity index is 0.00000256. The molecule has 0 unspecified atom stereocenters. The monoisotopic (exact) mass is 279 g/mol. The summed E-state index contributed by atoms with van der Waals surface area (Å²) in [6.45, 7) is 3.62. The Morgan fingerprint density at radius 1 is 1.24 bits per heavy atom. The number of hydrogen-bond donors (Lipinski definition) is 1. The minimum atomic E-state index is -0.228. The zero-order valence-electron chi connectivity index (χ0n) is 10.1. The van der Waals surface area contributed by atoms with Gasteiger partial charge >= 0.3 is 0 Å². The fourth-order valence-corrected chi connectivity index (χ4v) is 1.82. The standard InChI is InChI=1S/C13H19ClFN.ClH/c1-2-3-4-5-9-16-10-11-12(14)7-6-8-13(11)15;/h6-8,16H,2-5,9-10H2,1H3;1H. The first-order chi connectivity index (χ1) is 7.75. The summed E-state index contributed by atoms with van der Waals surface area (Å²) in [5, 5.41) is 3.72. The molecule has 1 aromatic rings. The van der Waals surface area contributed by atoms with Crippen molar-refractivity contribution in [2.45, 2.75) is 39.2 Å². The van der Waals surface area contributed by atoms with Crippen LogP contribution in [0.2, 0.25) is 5.02 Å². The number of rotatable bonds is 7. The topological polar surface area (TPSA) is 12.0 Å². The molecular weight excluding hydrogens is 260 g/mol. The predicted octanol–water partition coefficient (Wildman–Crippen LogP) is 4.57. The van der Waals surface area contributed by atoms with Gasteiger partial charge in [0.15, 0.2) is 0 Å². The molecule has 0 aliphatic carbocycles. The van der Waals surface area contributed by atoms with Crippen LogP contribution in [0.3, 0.4) is 0 Å². The molecule has 0 atom stereocenters. The average molecular weight is 280 g/mol. The lowest BCUT2D eigenvalue weighted by atomic mass is 10.2. The summed E-state index contributed by atoms with van der Waals surface area (Å²) in [4.78, 5) is 0. The maximum Gasteiger partial charge on any atom is 0.129 e. The maximum absolute atomic E-state index is 13.4. The molecule has 1 aromatic carbocycles. The number of halogens is 3. The van der Waals surface area contributed by atoms with Crippen molar-refractivity contribution >= 4 is 24.0 Å². The van der Waals surface area contributed by atoms with Crippen LogP contribution in [0.25, 0.3) is 0 Å². The fourth-order valence-electron chi connectivity index (χ4n) is 1.59. The van der Waals surface area contributed by atoms with E-state index in [-0.39, 0.29) is 18.2 Å². The summed E-state index contributed by atoms with van der Waals surface area (Å²) in [5.74, 6) is -0.228. The van der Waals surface area contributed by atoms with Crippen LogP contribution < -0.4 is 5.32 Å².